The maximum absolute atomic E-state index is 12.0. The summed E-state index contributed by atoms with van der Waals surface area (Å²) in [4.78, 5) is 0. The van der Waals surface area contributed by atoms with Gasteiger partial charge in [-0.15, -0.1) is 0 Å². The zero-order valence-corrected chi connectivity index (χ0v) is 5.55. The molecule has 1 nitrogen and oxygen atoms in total. The molecule has 0 bridgehead atoms. The van der Waals surface area contributed by atoms with E-state index in [-0.39, 0.29) is 0 Å². The van der Waals surface area contributed by atoms with Gasteiger partial charge in [0.15, 0.2) is 0 Å². The molecule has 0 aromatic rings. The molecule has 66 valence electrons. The highest BCUT2D eigenvalue weighted by molar-refractivity contribution is 6.25. The Balaban J connectivity index is 2.98. The van der Waals surface area contributed by atoms with Crippen LogP contribution in [0.25, 0.3) is 0 Å². The van der Waals surface area contributed by atoms with Gasteiger partial charge in [0.1, 0.15) is 0 Å². The van der Waals surface area contributed by atoms with Crippen LogP contribution in [0.3, 0.4) is 0 Å². The van der Waals surface area contributed by atoms with E-state index in [1.54, 1.807) is 0 Å². The fourth-order valence-electron chi connectivity index (χ4n) is 0.715. The van der Waals surface area contributed by atoms with Gasteiger partial charge in [0.25, 0.3) is 0 Å². The molecule has 1 N–H and O–H groups in total. The Kier molecular flexibility index (Phi) is 1.47. The topological polar surface area (TPSA) is 20.2 Å². The Morgan fingerprint density at radius 1 is 1.18 bits per heavy atom. The SMILES string of the molecule is OC1(Cl)C(F)C(F)(F)C1(F)F. The Hall–Kier alpha value is -0.100. The van der Waals surface area contributed by atoms with Crippen molar-refractivity contribution in [3.8, 4) is 0 Å². The van der Waals surface area contributed by atoms with Crippen molar-refractivity contribution >= 4 is 11.6 Å². The zero-order valence-electron chi connectivity index (χ0n) is 4.79. The lowest BCUT2D eigenvalue weighted by Crippen LogP contribution is -2.78. The summed E-state index contributed by atoms with van der Waals surface area (Å²) < 4.78 is 59.6. The second-order valence-corrected chi connectivity index (χ2v) is 2.81. The summed E-state index contributed by atoms with van der Waals surface area (Å²) in [5.74, 6) is -9.77. The first kappa shape index (κ1) is 8.99. The van der Waals surface area contributed by atoms with E-state index >= 15 is 0 Å². The summed E-state index contributed by atoms with van der Waals surface area (Å²) in [7, 11) is 0. The van der Waals surface area contributed by atoms with Crippen molar-refractivity contribution in [2.45, 2.75) is 23.1 Å². The lowest BCUT2D eigenvalue weighted by atomic mass is 9.82. The smallest absolute Gasteiger partial charge is 0.358 e. The molecule has 1 rings (SSSR count). The van der Waals surface area contributed by atoms with Crippen molar-refractivity contribution in [1.29, 1.82) is 0 Å². The van der Waals surface area contributed by atoms with E-state index in [0.717, 1.165) is 0 Å². The van der Waals surface area contributed by atoms with E-state index in [9.17, 15) is 22.0 Å². The van der Waals surface area contributed by atoms with Crippen molar-refractivity contribution in [1.82, 2.24) is 0 Å². The summed E-state index contributed by atoms with van der Waals surface area (Å²) in [5.41, 5.74) is 0. The van der Waals surface area contributed by atoms with E-state index in [2.05, 4.69) is 11.6 Å². The largest absolute Gasteiger partial charge is 0.367 e. The van der Waals surface area contributed by atoms with Crippen LogP contribution in [-0.2, 0) is 0 Å². The molecule has 0 amide bonds. The second kappa shape index (κ2) is 1.80. The molecule has 0 heterocycles. The van der Waals surface area contributed by atoms with E-state index in [1.165, 1.54) is 0 Å². The average molecular weight is 197 g/mol. The minimum atomic E-state index is -4.90. The highest BCUT2D eigenvalue weighted by Crippen LogP contribution is 2.61. The number of aliphatic hydroxyl groups is 1. The van der Waals surface area contributed by atoms with E-state index in [4.69, 9.17) is 5.11 Å². The van der Waals surface area contributed by atoms with E-state index < -0.39 is 23.1 Å². The third-order valence-corrected chi connectivity index (χ3v) is 1.94. The Bertz CT molecular complexity index is 173. The summed E-state index contributed by atoms with van der Waals surface area (Å²) in [6, 6.07) is 0. The first-order chi connectivity index (χ1) is 4.65. The summed E-state index contributed by atoms with van der Waals surface area (Å²) in [6.45, 7) is 0. The molecule has 0 aromatic carbocycles. The van der Waals surface area contributed by atoms with Gasteiger partial charge in [-0.25, -0.2) is 4.39 Å². The Labute approximate surface area is 62.8 Å². The molecule has 0 spiro atoms. The van der Waals surface area contributed by atoms with Gasteiger partial charge in [-0.05, 0) is 0 Å². The molecular formula is C4H2ClF5O. The van der Waals surface area contributed by atoms with Gasteiger partial charge in [0, 0.05) is 0 Å². The van der Waals surface area contributed by atoms with Crippen LogP contribution in [0.2, 0.25) is 0 Å². The van der Waals surface area contributed by atoms with Crippen LogP contribution in [0.1, 0.15) is 0 Å². The molecule has 2 atom stereocenters. The number of alkyl halides is 6. The maximum atomic E-state index is 12.0. The highest BCUT2D eigenvalue weighted by atomic mass is 35.5. The molecule has 1 aliphatic rings. The molecule has 7 heteroatoms. The van der Waals surface area contributed by atoms with Gasteiger partial charge in [-0.2, -0.15) is 17.6 Å². The predicted molar refractivity (Wildman–Crippen MR) is 25.6 cm³/mol. The van der Waals surface area contributed by atoms with Crippen LogP contribution in [0, 0.1) is 0 Å². The molecule has 11 heavy (non-hydrogen) atoms. The van der Waals surface area contributed by atoms with Gasteiger partial charge in [0.05, 0.1) is 0 Å². The summed E-state index contributed by atoms with van der Waals surface area (Å²) in [5, 5.41) is 4.44. The standard InChI is InChI=1S/C4H2ClF5O/c5-2(11)1(6)3(7,8)4(2,9)10/h1,11H. The van der Waals surface area contributed by atoms with Crippen LogP contribution in [0.5, 0.6) is 0 Å². The minimum absolute atomic E-state index is 3.42. The molecule has 1 fully saturated rings. The molecule has 0 saturated heterocycles. The Morgan fingerprint density at radius 2 is 1.55 bits per heavy atom. The second-order valence-electron chi connectivity index (χ2n) is 2.23. The highest BCUT2D eigenvalue weighted by Gasteiger charge is 2.88. The van der Waals surface area contributed by atoms with E-state index in [0.29, 0.717) is 0 Å². The van der Waals surface area contributed by atoms with Gasteiger partial charge < -0.3 is 5.11 Å². The van der Waals surface area contributed by atoms with Crippen molar-refractivity contribution in [3.63, 3.8) is 0 Å². The fraction of sp³-hybridized carbons (Fsp3) is 1.00. The third kappa shape index (κ3) is 0.691. The first-order valence-electron chi connectivity index (χ1n) is 2.46. The van der Waals surface area contributed by atoms with Crippen LogP contribution in [0.15, 0.2) is 0 Å². The molecule has 1 aliphatic carbocycles. The van der Waals surface area contributed by atoms with Crippen molar-refractivity contribution in [2.24, 2.45) is 0 Å². The quantitative estimate of drug-likeness (QED) is 0.460. The summed E-state index contributed by atoms with van der Waals surface area (Å²) in [6.07, 6.45) is -3.42. The van der Waals surface area contributed by atoms with Gasteiger partial charge >= 0.3 is 11.8 Å². The van der Waals surface area contributed by atoms with E-state index in [1.807, 2.05) is 0 Å². The lowest BCUT2D eigenvalue weighted by molar-refractivity contribution is -0.386. The Morgan fingerprint density at radius 3 is 1.64 bits per heavy atom. The minimum Gasteiger partial charge on any atom is -0.367 e. The molecule has 2 unspecified atom stereocenters. The number of hydrogen-bond donors (Lipinski definition) is 1. The fourth-order valence-corrected chi connectivity index (χ4v) is 0.978. The van der Waals surface area contributed by atoms with Crippen molar-refractivity contribution in [3.05, 3.63) is 0 Å². The van der Waals surface area contributed by atoms with Crippen molar-refractivity contribution in [2.75, 3.05) is 0 Å². The van der Waals surface area contributed by atoms with Crippen molar-refractivity contribution < 1.29 is 27.1 Å². The lowest BCUT2D eigenvalue weighted by Gasteiger charge is -2.48. The van der Waals surface area contributed by atoms with Crippen LogP contribution >= 0.6 is 11.6 Å². The average Bonchev–Trinajstić information content (AvgIpc) is 1.84. The summed E-state index contributed by atoms with van der Waals surface area (Å²) >= 11 is 4.38. The third-order valence-electron chi connectivity index (χ3n) is 1.51. The number of rotatable bonds is 0. The molecular weight excluding hydrogens is 194 g/mol. The monoisotopic (exact) mass is 196 g/mol. The molecule has 0 radical (unpaired) electrons. The van der Waals surface area contributed by atoms with Crippen LogP contribution < -0.4 is 0 Å². The molecule has 1 saturated carbocycles. The van der Waals surface area contributed by atoms with Gasteiger partial charge in [-0.3, -0.25) is 0 Å². The van der Waals surface area contributed by atoms with Gasteiger partial charge in [-0.1, -0.05) is 11.6 Å². The zero-order chi connectivity index (χ0) is 9.08. The molecule has 0 aliphatic heterocycles. The number of halogens is 6. The predicted octanol–water partition coefficient (Wildman–Crippen LogP) is 1.54. The normalized spacial score (nSPS) is 46.6. The molecule has 0 aromatic heterocycles. The number of hydrogen-bond acceptors (Lipinski definition) is 1. The maximum Gasteiger partial charge on any atom is 0.358 e. The van der Waals surface area contributed by atoms with Crippen LogP contribution in [0.4, 0.5) is 22.0 Å². The van der Waals surface area contributed by atoms with Crippen LogP contribution in [-0.4, -0.2) is 28.2 Å². The first-order valence-corrected chi connectivity index (χ1v) is 2.84. The van der Waals surface area contributed by atoms with Gasteiger partial charge in [0.2, 0.25) is 11.2 Å².